The van der Waals surface area contributed by atoms with E-state index in [1.165, 1.54) is 10.8 Å². The molecule has 0 aromatic carbocycles. The van der Waals surface area contributed by atoms with Gasteiger partial charge in [0.05, 0.1) is 24.6 Å². The second-order valence-corrected chi connectivity index (χ2v) is 8.81. The van der Waals surface area contributed by atoms with Crippen molar-refractivity contribution in [3.05, 3.63) is 0 Å². The minimum atomic E-state index is -0.339. The lowest BCUT2D eigenvalue weighted by Crippen LogP contribution is -2.39. The largest absolute Gasteiger partial charge is 0.369 e. The molecule has 0 fully saturated rings. The lowest BCUT2D eigenvalue weighted by atomic mass is 10.2. The van der Waals surface area contributed by atoms with Crippen molar-refractivity contribution >= 4 is 33.4 Å². The highest BCUT2D eigenvalue weighted by atomic mass is 33.1. The van der Waals surface area contributed by atoms with Crippen LogP contribution in [0.2, 0.25) is 0 Å². The molecule has 0 radical (unpaired) electrons. The fourth-order valence-corrected chi connectivity index (χ4v) is 3.48. The number of carbonyl (C=O) groups is 2. The highest BCUT2D eigenvalue weighted by Gasteiger charge is 2.20. The molecule has 25 heavy (non-hydrogen) atoms. The Balaban J connectivity index is 3.54. The van der Waals surface area contributed by atoms with Crippen molar-refractivity contribution in [2.75, 3.05) is 32.3 Å². The Bertz CT molecular complexity index is 459. The third-order valence-corrected chi connectivity index (χ3v) is 5.32. The molecule has 0 heterocycles. The average Bonchev–Trinajstić information content (AvgIpc) is 2.53. The van der Waals surface area contributed by atoms with Gasteiger partial charge in [-0.15, -0.1) is 0 Å². The van der Waals surface area contributed by atoms with Gasteiger partial charge in [0.25, 0.3) is 0 Å². The molecule has 6 nitrogen and oxygen atoms in total. The molecule has 0 saturated heterocycles. The van der Waals surface area contributed by atoms with Crippen LogP contribution in [0.25, 0.3) is 0 Å². The minimum Gasteiger partial charge on any atom is -0.369 e. The monoisotopic (exact) mass is 390 g/mol. The van der Waals surface area contributed by atoms with Crippen LogP contribution >= 0.6 is 21.6 Å². The summed E-state index contributed by atoms with van der Waals surface area (Å²) in [5.74, 6) is 6.47. The van der Waals surface area contributed by atoms with Crippen molar-refractivity contribution < 1.29 is 19.1 Å². The second kappa shape index (κ2) is 14.3. The maximum atomic E-state index is 11.5. The van der Waals surface area contributed by atoms with Crippen LogP contribution in [0.4, 0.5) is 0 Å². The third kappa shape index (κ3) is 16.3. The van der Waals surface area contributed by atoms with Gasteiger partial charge in [0, 0.05) is 12.3 Å². The normalized spacial score (nSPS) is 11.0. The standard InChI is InChI=1S/C17H30N2O4S2/c1-6-15(20)19-17(4,5)25-24-13-23-11-10-22-12-16(21)18-9-7-8-14(2)3/h14H,6,9-13H2,1-5H3,(H,18,21)(H,19,20). The molecule has 0 rings (SSSR count). The Kier molecular flexibility index (Phi) is 13.8. The van der Waals surface area contributed by atoms with Gasteiger partial charge in [-0.25, -0.2) is 0 Å². The van der Waals surface area contributed by atoms with Crippen LogP contribution in [0.5, 0.6) is 0 Å². The van der Waals surface area contributed by atoms with E-state index in [4.69, 9.17) is 9.47 Å². The van der Waals surface area contributed by atoms with Gasteiger partial charge in [0.1, 0.15) is 12.5 Å². The zero-order chi connectivity index (χ0) is 19.1. The first-order chi connectivity index (χ1) is 11.8. The smallest absolute Gasteiger partial charge is 0.246 e. The Labute approximate surface area is 159 Å². The second-order valence-electron chi connectivity index (χ2n) is 5.94. The molecule has 0 aliphatic carbocycles. The Morgan fingerprint density at radius 2 is 1.84 bits per heavy atom. The molecule has 0 aliphatic rings. The lowest BCUT2D eigenvalue weighted by molar-refractivity contribution is -0.126. The molecule has 0 aromatic heterocycles. The first-order valence-electron chi connectivity index (χ1n) is 8.29. The summed E-state index contributed by atoms with van der Waals surface area (Å²) in [6, 6.07) is 0. The van der Waals surface area contributed by atoms with Gasteiger partial charge in [-0.2, -0.15) is 0 Å². The van der Waals surface area contributed by atoms with E-state index in [0.717, 1.165) is 0 Å². The van der Waals surface area contributed by atoms with Crippen LogP contribution in [0, 0.1) is 17.8 Å². The van der Waals surface area contributed by atoms with Crippen LogP contribution in [-0.4, -0.2) is 49.0 Å². The molecule has 0 spiro atoms. The number of ether oxygens (including phenoxy) is 2. The molecule has 0 unspecified atom stereocenters. The zero-order valence-electron chi connectivity index (χ0n) is 15.8. The van der Waals surface area contributed by atoms with Gasteiger partial charge in [0.15, 0.2) is 0 Å². The summed E-state index contributed by atoms with van der Waals surface area (Å²) in [5, 5.41) is 5.59. The molecular formula is C17H30N2O4S2. The van der Waals surface area contributed by atoms with E-state index >= 15 is 0 Å². The average molecular weight is 391 g/mol. The van der Waals surface area contributed by atoms with E-state index in [1.54, 1.807) is 10.8 Å². The van der Waals surface area contributed by atoms with Crippen molar-refractivity contribution in [1.29, 1.82) is 0 Å². The minimum absolute atomic E-state index is 0.00465. The molecule has 144 valence electrons. The first kappa shape index (κ1) is 24.1. The van der Waals surface area contributed by atoms with Crippen LogP contribution in [0.15, 0.2) is 0 Å². The predicted molar refractivity (Wildman–Crippen MR) is 105 cm³/mol. The van der Waals surface area contributed by atoms with Gasteiger partial charge in [-0.1, -0.05) is 54.2 Å². The number of nitrogens with one attached hydrogen (secondary N) is 2. The van der Waals surface area contributed by atoms with E-state index in [9.17, 15) is 9.59 Å². The fraction of sp³-hybridized carbons (Fsp3) is 0.765. The summed E-state index contributed by atoms with van der Waals surface area (Å²) in [6.45, 7) is 10.8. The van der Waals surface area contributed by atoms with Crippen LogP contribution in [0.1, 0.15) is 41.0 Å². The topological polar surface area (TPSA) is 76.7 Å². The molecule has 8 heteroatoms. The van der Waals surface area contributed by atoms with Gasteiger partial charge in [0.2, 0.25) is 11.8 Å². The number of hydrogen-bond acceptors (Lipinski definition) is 6. The van der Waals surface area contributed by atoms with Crippen molar-refractivity contribution in [3.8, 4) is 11.8 Å². The van der Waals surface area contributed by atoms with E-state index < -0.39 is 0 Å². The van der Waals surface area contributed by atoms with Crippen LogP contribution in [-0.2, 0) is 19.1 Å². The van der Waals surface area contributed by atoms with Crippen molar-refractivity contribution in [2.45, 2.75) is 45.9 Å². The van der Waals surface area contributed by atoms with Crippen molar-refractivity contribution in [3.63, 3.8) is 0 Å². The summed E-state index contributed by atoms with van der Waals surface area (Å²) in [5.41, 5.74) is 0. The zero-order valence-corrected chi connectivity index (χ0v) is 17.4. The summed E-state index contributed by atoms with van der Waals surface area (Å²) < 4.78 is 10.6. The van der Waals surface area contributed by atoms with E-state index in [2.05, 4.69) is 22.5 Å². The van der Waals surface area contributed by atoms with E-state index in [-0.39, 0.29) is 23.3 Å². The van der Waals surface area contributed by atoms with Gasteiger partial charge in [-0.3, -0.25) is 9.59 Å². The van der Waals surface area contributed by atoms with Crippen molar-refractivity contribution in [1.82, 2.24) is 10.6 Å². The number of hydrogen-bond donors (Lipinski definition) is 2. The van der Waals surface area contributed by atoms with Crippen LogP contribution < -0.4 is 10.6 Å². The van der Waals surface area contributed by atoms with Gasteiger partial charge < -0.3 is 20.1 Å². The molecule has 2 N–H and O–H groups in total. The Morgan fingerprint density at radius 3 is 2.48 bits per heavy atom. The van der Waals surface area contributed by atoms with E-state index in [0.29, 0.717) is 38.0 Å². The lowest BCUT2D eigenvalue weighted by Gasteiger charge is -2.24. The van der Waals surface area contributed by atoms with Gasteiger partial charge in [-0.05, 0) is 13.8 Å². The Morgan fingerprint density at radius 1 is 1.16 bits per heavy atom. The summed E-state index contributed by atoms with van der Waals surface area (Å²) in [7, 11) is 3.07. The number of rotatable bonds is 12. The first-order valence-corrected chi connectivity index (χ1v) is 10.6. The van der Waals surface area contributed by atoms with Crippen LogP contribution in [0.3, 0.4) is 0 Å². The SMILES string of the molecule is CCC(=O)NC(C)(C)SSCOCCOCC(=O)NCC#CC(C)C. The summed E-state index contributed by atoms with van der Waals surface area (Å²) in [4.78, 5) is 22.5. The molecule has 0 bridgehead atoms. The highest BCUT2D eigenvalue weighted by Crippen LogP contribution is 2.33. The van der Waals surface area contributed by atoms with E-state index in [1.807, 2.05) is 34.6 Å². The van der Waals surface area contributed by atoms with Crippen molar-refractivity contribution in [2.24, 2.45) is 5.92 Å². The maximum Gasteiger partial charge on any atom is 0.246 e. The molecule has 2 amide bonds. The Hall–Kier alpha value is -0.880. The highest BCUT2D eigenvalue weighted by molar-refractivity contribution is 8.77. The molecule has 0 saturated carbocycles. The summed E-state index contributed by atoms with van der Waals surface area (Å²) >= 11 is 0. The molecular weight excluding hydrogens is 360 g/mol. The maximum absolute atomic E-state index is 11.5. The number of carbonyl (C=O) groups excluding carboxylic acids is 2. The molecule has 0 aliphatic heterocycles. The molecule has 0 aromatic rings. The predicted octanol–water partition coefficient (Wildman–Crippen LogP) is 2.40. The summed E-state index contributed by atoms with van der Waals surface area (Å²) in [6.07, 6.45) is 0.473. The third-order valence-electron chi connectivity index (χ3n) is 2.53. The number of amides is 2. The molecule has 0 atom stereocenters. The quantitative estimate of drug-likeness (QED) is 0.231. The van der Waals surface area contributed by atoms with Gasteiger partial charge >= 0.3 is 0 Å². The fourth-order valence-electron chi connectivity index (χ4n) is 1.44.